The van der Waals surface area contributed by atoms with Gasteiger partial charge in [-0.05, 0) is 43.2 Å². The van der Waals surface area contributed by atoms with Crippen molar-refractivity contribution in [2.75, 3.05) is 0 Å². The van der Waals surface area contributed by atoms with Crippen LogP contribution in [-0.2, 0) is 13.0 Å². The van der Waals surface area contributed by atoms with Gasteiger partial charge in [0, 0.05) is 30.9 Å². The molecule has 3 aromatic rings. The van der Waals surface area contributed by atoms with Gasteiger partial charge in [-0.25, -0.2) is 4.98 Å². The highest BCUT2D eigenvalue weighted by Gasteiger charge is 2.15. The van der Waals surface area contributed by atoms with Crippen molar-refractivity contribution in [3.63, 3.8) is 0 Å². The van der Waals surface area contributed by atoms with Crippen molar-refractivity contribution in [2.45, 2.75) is 38.6 Å². The number of fused-ring (bicyclic) bond motifs is 2. The lowest BCUT2D eigenvalue weighted by molar-refractivity contribution is 0.0846. The number of aromatic nitrogens is 3. The summed E-state index contributed by atoms with van der Waals surface area (Å²) in [4.78, 5) is 45.9. The highest BCUT2D eigenvalue weighted by molar-refractivity contribution is 6.00. The van der Waals surface area contributed by atoms with Crippen LogP contribution in [0.25, 0.3) is 10.9 Å². The number of carbonyl (C=O) groups is 2. The zero-order valence-corrected chi connectivity index (χ0v) is 15.9. The standard InChI is InChI=1S/C21H21N5O3/c27-19(24-25-20(28)15-6-5-10-22-13-15)14-8-9-16-17(12-14)23-18-7-3-1-2-4-11-26(18)21(16)29/h5-6,8-10,12-13H,1-4,7,11H2,(H,24,27)(H,25,28). The number of hydrogen-bond donors (Lipinski definition) is 2. The van der Waals surface area contributed by atoms with E-state index in [-0.39, 0.29) is 5.56 Å². The van der Waals surface area contributed by atoms with Crippen LogP contribution in [-0.4, -0.2) is 26.3 Å². The fourth-order valence-electron chi connectivity index (χ4n) is 3.49. The molecule has 0 radical (unpaired) electrons. The second-order valence-electron chi connectivity index (χ2n) is 7.03. The van der Waals surface area contributed by atoms with Crippen LogP contribution in [0.3, 0.4) is 0 Å². The normalized spacial score (nSPS) is 13.8. The first-order valence-electron chi connectivity index (χ1n) is 9.68. The van der Waals surface area contributed by atoms with Crippen molar-refractivity contribution in [3.8, 4) is 0 Å². The average molecular weight is 391 g/mol. The number of benzene rings is 1. The summed E-state index contributed by atoms with van der Waals surface area (Å²) in [7, 11) is 0. The lowest BCUT2D eigenvalue weighted by Crippen LogP contribution is -2.41. The number of hydrazine groups is 1. The van der Waals surface area contributed by atoms with Gasteiger partial charge in [0.2, 0.25) is 0 Å². The van der Waals surface area contributed by atoms with Crippen LogP contribution in [0, 0.1) is 0 Å². The van der Waals surface area contributed by atoms with Crippen LogP contribution in [0.5, 0.6) is 0 Å². The molecular weight excluding hydrogens is 370 g/mol. The lowest BCUT2D eigenvalue weighted by atomic mass is 10.1. The Bertz CT molecular complexity index is 1120. The third kappa shape index (κ3) is 4.01. The van der Waals surface area contributed by atoms with Crippen molar-refractivity contribution < 1.29 is 9.59 Å². The minimum Gasteiger partial charge on any atom is -0.296 e. The zero-order valence-electron chi connectivity index (χ0n) is 15.9. The molecule has 0 atom stereocenters. The number of hydrogen-bond acceptors (Lipinski definition) is 5. The molecule has 0 saturated carbocycles. The van der Waals surface area contributed by atoms with Crippen molar-refractivity contribution in [2.24, 2.45) is 0 Å². The predicted octanol–water partition coefficient (Wildman–Crippen LogP) is 1.98. The molecule has 3 heterocycles. The van der Waals surface area contributed by atoms with E-state index in [0.717, 1.165) is 37.9 Å². The van der Waals surface area contributed by atoms with Gasteiger partial charge in [0.05, 0.1) is 16.5 Å². The summed E-state index contributed by atoms with van der Waals surface area (Å²) < 4.78 is 1.76. The van der Waals surface area contributed by atoms with Crippen LogP contribution in [0.2, 0.25) is 0 Å². The van der Waals surface area contributed by atoms with Crippen molar-refractivity contribution in [3.05, 3.63) is 70.0 Å². The van der Waals surface area contributed by atoms with E-state index in [1.807, 2.05) is 0 Å². The van der Waals surface area contributed by atoms with Crippen LogP contribution < -0.4 is 16.4 Å². The van der Waals surface area contributed by atoms with E-state index in [2.05, 4.69) is 20.8 Å². The Morgan fingerprint density at radius 1 is 0.966 bits per heavy atom. The highest BCUT2D eigenvalue weighted by atomic mass is 16.2. The van der Waals surface area contributed by atoms with Gasteiger partial charge >= 0.3 is 0 Å². The average Bonchev–Trinajstić information content (AvgIpc) is 2.73. The SMILES string of the molecule is O=C(NNC(=O)c1ccc2c(=O)n3c(nc2c1)CCCCCC3)c1cccnc1. The smallest absolute Gasteiger partial charge is 0.271 e. The van der Waals surface area contributed by atoms with E-state index < -0.39 is 11.8 Å². The van der Waals surface area contributed by atoms with Crippen LogP contribution >= 0.6 is 0 Å². The van der Waals surface area contributed by atoms with Crippen molar-refractivity contribution in [1.29, 1.82) is 0 Å². The lowest BCUT2D eigenvalue weighted by Gasteiger charge is -2.16. The first-order chi connectivity index (χ1) is 14.1. The topological polar surface area (TPSA) is 106 Å². The minimum absolute atomic E-state index is 0.0660. The Kier molecular flexibility index (Phi) is 5.33. The van der Waals surface area contributed by atoms with Crippen LogP contribution in [0.15, 0.2) is 47.5 Å². The summed E-state index contributed by atoms with van der Waals surface area (Å²) >= 11 is 0. The van der Waals surface area contributed by atoms with Gasteiger partial charge < -0.3 is 0 Å². The quantitative estimate of drug-likeness (QED) is 0.650. The molecule has 0 saturated heterocycles. The Labute approximate surface area is 167 Å². The summed E-state index contributed by atoms with van der Waals surface area (Å²) in [6.07, 6.45) is 7.94. The summed E-state index contributed by atoms with van der Waals surface area (Å²) in [5.41, 5.74) is 5.81. The second-order valence-corrected chi connectivity index (χ2v) is 7.03. The summed E-state index contributed by atoms with van der Waals surface area (Å²) in [6.45, 7) is 0.680. The number of carbonyl (C=O) groups excluding carboxylic acids is 2. The molecule has 2 aromatic heterocycles. The molecule has 8 heteroatoms. The third-order valence-corrected chi connectivity index (χ3v) is 5.04. The van der Waals surface area contributed by atoms with E-state index in [9.17, 15) is 14.4 Å². The number of aryl methyl sites for hydroxylation is 1. The number of nitrogens with one attached hydrogen (secondary N) is 2. The summed E-state index contributed by atoms with van der Waals surface area (Å²) in [5, 5.41) is 0.491. The third-order valence-electron chi connectivity index (χ3n) is 5.04. The zero-order chi connectivity index (χ0) is 20.2. The van der Waals surface area contributed by atoms with Gasteiger partial charge in [0.25, 0.3) is 17.4 Å². The number of nitrogens with zero attached hydrogens (tertiary/aromatic N) is 3. The van der Waals surface area contributed by atoms with Gasteiger partial charge in [-0.1, -0.05) is 12.8 Å². The molecule has 0 fully saturated rings. The molecular formula is C21H21N5O3. The number of pyridine rings is 1. The van der Waals surface area contributed by atoms with Gasteiger partial charge in [0.1, 0.15) is 5.82 Å². The molecule has 4 rings (SSSR count). The maximum Gasteiger partial charge on any atom is 0.271 e. The van der Waals surface area contributed by atoms with E-state index in [0.29, 0.717) is 28.6 Å². The van der Waals surface area contributed by atoms with Gasteiger partial charge in [0.15, 0.2) is 0 Å². The van der Waals surface area contributed by atoms with Crippen LogP contribution in [0.1, 0.15) is 52.2 Å². The highest BCUT2D eigenvalue weighted by Crippen LogP contribution is 2.16. The first kappa shape index (κ1) is 18.8. The molecule has 8 nitrogen and oxygen atoms in total. The fourth-order valence-corrected chi connectivity index (χ4v) is 3.49. The fraction of sp³-hybridized carbons (Fsp3) is 0.286. The van der Waals surface area contributed by atoms with E-state index in [4.69, 9.17) is 0 Å². The van der Waals surface area contributed by atoms with Crippen LogP contribution in [0.4, 0.5) is 0 Å². The molecule has 148 valence electrons. The van der Waals surface area contributed by atoms with E-state index in [1.54, 1.807) is 41.1 Å². The van der Waals surface area contributed by atoms with Crippen molar-refractivity contribution >= 4 is 22.7 Å². The molecule has 1 aliphatic rings. The van der Waals surface area contributed by atoms with Gasteiger partial charge in [-0.3, -0.25) is 34.8 Å². The minimum atomic E-state index is -0.488. The Morgan fingerprint density at radius 2 is 1.76 bits per heavy atom. The summed E-state index contributed by atoms with van der Waals surface area (Å²) in [6, 6.07) is 7.99. The van der Waals surface area contributed by atoms with Gasteiger partial charge in [-0.2, -0.15) is 0 Å². The van der Waals surface area contributed by atoms with Crippen molar-refractivity contribution in [1.82, 2.24) is 25.4 Å². The number of amides is 2. The molecule has 0 unspecified atom stereocenters. The largest absolute Gasteiger partial charge is 0.296 e. The first-order valence-corrected chi connectivity index (χ1v) is 9.68. The monoisotopic (exact) mass is 391 g/mol. The Balaban J connectivity index is 1.56. The van der Waals surface area contributed by atoms with E-state index in [1.165, 1.54) is 6.20 Å². The molecule has 29 heavy (non-hydrogen) atoms. The van der Waals surface area contributed by atoms with E-state index >= 15 is 0 Å². The molecule has 0 aliphatic carbocycles. The van der Waals surface area contributed by atoms with Gasteiger partial charge in [-0.15, -0.1) is 0 Å². The number of rotatable bonds is 2. The Morgan fingerprint density at radius 3 is 2.55 bits per heavy atom. The predicted molar refractivity (Wildman–Crippen MR) is 107 cm³/mol. The molecule has 2 amide bonds. The molecule has 0 bridgehead atoms. The molecule has 1 aliphatic heterocycles. The Hall–Kier alpha value is -3.55. The molecule has 2 N–H and O–H groups in total. The second kappa shape index (κ2) is 8.22. The maximum atomic E-state index is 12.9. The maximum absolute atomic E-state index is 12.9. The molecule has 0 spiro atoms. The molecule has 1 aromatic carbocycles. The summed E-state index contributed by atoms with van der Waals surface area (Å²) in [5.74, 6) is -0.188.